The predicted octanol–water partition coefficient (Wildman–Crippen LogP) is 1.75. The topological polar surface area (TPSA) is 49.8 Å². The molecule has 1 heterocycles. The lowest BCUT2D eigenvalue weighted by Crippen LogP contribution is -2.44. The summed E-state index contributed by atoms with van der Waals surface area (Å²) in [4.78, 5) is 14.0. The van der Waals surface area contributed by atoms with Crippen LogP contribution in [0, 0.1) is 6.92 Å². The van der Waals surface area contributed by atoms with Gasteiger partial charge in [-0.3, -0.25) is 4.79 Å². The Labute approximate surface area is 114 Å². The van der Waals surface area contributed by atoms with Crippen LogP contribution in [-0.4, -0.2) is 41.2 Å². The van der Waals surface area contributed by atoms with Crippen LogP contribution in [0.4, 0.5) is 0 Å². The lowest BCUT2D eigenvalue weighted by atomic mass is 10.2. The summed E-state index contributed by atoms with van der Waals surface area (Å²) in [5.74, 6) is 0.656. The fraction of sp³-hybridized carbons (Fsp3) is 0.533. The molecular weight excluding hydrogens is 242 g/mol. The van der Waals surface area contributed by atoms with Crippen molar-refractivity contribution in [2.24, 2.45) is 0 Å². The molecule has 0 aromatic heterocycles. The zero-order valence-corrected chi connectivity index (χ0v) is 11.5. The summed E-state index contributed by atoms with van der Waals surface area (Å²) in [6.45, 7) is 4.51. The van der Waals surface area contributed by atoms with Gasteiger partial charge in [0.05, 0.1) is 12.6 Å². The van der Waals surface area contributed by atoms with Crippen LogP contribution < -0.4 is 4.74 Å². The summed E-state index contributed by atoms with van der Waals surface area (Å²) < 4.78 is 5.66. The molecule has 1 amide bonds. The minimum Gasteiger partial charge on any atom is -0.481 e. The number of hydrogen-bond donors (Lipinski definition) is 1. The molecule has 1 aliphatic heterocycles. The number of aliphatic hydroxyl groups excluding tert-OH is 1. The first-order valence-corrected chi connectivity index (χ1v) is 6.76. The highest BCUT2D eigenvalue weighted by molar-refractivity contribution is 5.81. The van der Waals surface area contributed by atoms with Crippen LogP contribution in [0.5, 0.6) is 5.75 Å². The van der Waals surface area contributed by atoms with Crippen LogP contribution in [0.25, 0.3) is 0 Å². The van der Waals surface area contributed by atoms with E-state index in [2.05, 4.69) is 0 Å². The molecule has 0 saturated carbocycles. The molecule has 1 fully saturated rings. The normalized spacial score (nSPS) is 20.4. The Morgan fingerprint density at radius 1 is 1.47 bits per heavy atom. The van der Waals surface area contributed by atoms with Crippen LogP contribution in [-0.2, 0) is 4.79 Å². The first-order valence-electron chi connectivity index (χ1n) is 6.76. The molecule has 1 aromatic rings. The number of nitrogens with zero attached hydrogens (tertiary/aromatic N) is 1. The Morgan fingerprint density at radius 2 is 2.16 bits per heavy atom. The summed E-state index contributed by atoms with van der Waals surface area (Å²) in [6.07, 6.45) is 1.31. The van der Waals surface area contributed by atoms with E-state index in [0.29, 0.717) is 12.3 Å². The molecule has 1 N–H and O–H groups in total. The summed E-state index contributed by atoms with van der Waals surface area (Å²) in [6, 6.07) is 7.61. The van der Waals surface area contributed by atoms with E-state index in [0.717, 1.165) is 18.4 Å². The molecule has 19 heavy (non-hydrogen) atoms. The highest BCUT2D eigenvalue weighted by Gasteiger charge is 2.31. The third kappa shape index (κ3) is 3.26. The monoisotopic (exact) mass is 263 g/mol. The second-order valence-electron chi connectivity index (χ2n) is 5.08. The second-order valence-corrected chi connectivity index (χ2v) is 5.08. The smallest absolute Gasteiger partial charge is 0.263 e. The Morgan fingerprint density at radius 3 is 2.79 bits per heavy atom. The summed E-state index contributed by atoms with van der Waals surface area (Å²) >= 11 is 0. The van der Waals surface area contributed by atoms with E-state index in [1.165, 1.54) is 0 Å². The zero-order chi connectivity index (χ0) is 13.8. The van der Waals surface area contributed by atoms with Crippen molar-refractivity contribution in [3.63, 3.8) is 0 Å². The van der Waals surface area contributed by atoms with Gasteiger partial charge in [0.25, 0.3) is 5.91 Å². The fourth-order valence-electron chi connectivity index (χ4n) is 2.42. The number of rotatable bonds is 4. The summed E-state index contributed by atoms with van der Waals surface area (Å²) in [5.41, 5.74) is 1.16. The molecule has 1 saturated heterocycles. The number of amides is 1. The van der Waals surface area contributed by atoms with Gasteiger partial charge in [-0.15, -0.1) is 0 Å². The Kier molecular flexibility index (Phi) is 4.43. The van der Waals surface area contributed by atoms with E-state index in [9.17, 15) is 9.90 Å². The first-order chi connectivity index (χ1) is 9.11. The molecule has 1 aromatic carbocycles. The minimum atomic E-state index is -0.519. The van der Waals surface area contributed by atoms with Crippen molar-refractivity contribution in [1.29, 1.82) is 0 Å². The maximum Gasteiger partial charge on any atom is 0.263 e. The highest BCUT2D eigenvalue weighted by atomic mass is 16.5. The van der Waals surface area contributed by atoms with Gasteiger partial charge in [-0.2, -0.15) is 0 Å². The number of aryl methyl sites for hydroxylation is 1. The van der Waals surface area contributed by atoms with Crippen LogP contribution >= 0.6 is 0 Å². The molecule has 4 heteroatoms. The maximum absolute atomic E-state index is 12.3. The third-order valence-electron chi connectivity index (χ3n) is 3.55. The number of aliphatic hydroxyl groups is 1. The van der Waals surface area contributed by atoms with Crippen molar-refractivity contribution in [2.75, 3.05) is 13.2 Å². The average molecular weight is 263 g/mol. The van der Waals surface area contributed by atoms with E-state index >= 15 is 0 Å². The number of ether oxygens (including phenoxy) is 1. The van der Waals surface area contributed by atoms with Crippen LogP contribution in [0.15, 0.2) is 24.3 Å². The minimum absolute atomic E-state index is 0.0307. The number of likely N-dealkylation sites (tertiary alicyclic amines) is 1. The molecule has 0 bridgehead atoms. The number of hydrogen-bond acceptors (Lipinski definition) is 3. The molecule has 4 nitrogen and oxygen atoms in total. The van der Waals surface area contributed by atoms with E-state index in [1.54, 1.807) is 11.8 Å². The molecule has 0 radical (unpaired) electrons. The predicted molar refractivity (Wildman–Crippen MR) is 73.1 cm³/mol. The summed E-state index contributed by atoms with van der Waals surface area (Å²) in [5, 5.41) is 9.25. The molecule has 2 atom stereocenters. The molecule has 0 spiro atoms. The largest absolute Gasteiger partial charge is 0.481 e. The third-order valence-corrected chi connectivity index (χ3v) is 3.55. The van der Waals surface area contributed by atoms with Crippen LogP contribution in [0.3, 0.4) is 0 Å². The van der Waals surface area contributed by atoms with Crippen LogP contribution in [0.2, 0.25) is 0 Å². The first kappa shape index (κ1) is 13.9. The van der Waals surface area contributed by atoms with Gasteiger partial charge in [0.15, 0.2) is 6.10 Å². The van der Waals surface area contributed by atoms with Gasteiger partial charge in [0.1, 0.15) is 5.75 Å². The van der Waals surface area contributed by atoms with E-state index < -0.39 is 6.10 Å². The maximum atomic E-state index is 12.3. The van der Waals surface area contributed by atoms with Gasteiger partial charge in [-0.05, 0) is 38.8 Å². The van der Waals surface area contributed by atoms with Gasteiger partial charge in [0, 0.05) is 6.54 Å². The lowest BCUT2D eigenvalue weighted by molar-refractivity contribution is -0.139. The van der Waals surface area contributed by atoms with E-state index in [1.807, 2.05) is 31.2 Å². The Hall–Kier alpha value is -1.55. The molecule has 104 valence electrons. The van der Waals surface area contributed by atoms with Gasteiger partial charge in [-0.25, -0.2) is 0 Å². The van der Waals surface area contributed by atoms with Crippen LogP contribution in [0.1, 0.15) is 25.3 Å². The molecule has 1 aliphatic rings. The van der Waals surface area contributed by atoms with Gasteiger partial charge in [-0.1, -0.05) is 17.7 Å². The van der Waals surface area contributed by atoms with Gasteiger partial charge in [0.2, 0.25) is 0 Å². The van der Waals surface area contributed by atoms with Gasteiger partial charge >= 0.3 is 0 Å². The van der Waals surface area contributed by atoms with Crippen molar-refractivity contribution in [2.45, 2.75) is 38.8 Å². The zero-order valence-electron chi connectivity index (χ0n) is 11.5. The standard InChI is InChI=1S/C15H21NO3/c1-11-5-7-14(8-6-11)19-12(2)15(18)16-9-3-4-13(16)10-17/h5-8,12-13,17H,3-4,9-10H2,1-2H3. The van der Waals surface area contributed by atoms with Crippen molar-refractivity contribution in [3.05, 3.63) is 29.8 Å². The second kappa shape index (κ2) is 6.06. The van der Waals surface area contributed by atoms with Crippen molar-refractivity contribution < 1.29 is 14.6 Å². The quantitative estimate of drug-likeness (QED) is 0.900. The lowest BCUT2D eigenvalue weighted by Gasteiger charge is -2.26. The number of carbonyl (C=O) groups excluding carboxylic acids is 1. The molecule has 2 unspecified atom stereocenters. The molecular formula is C15H21NO3. The highest BCUT2D eigenvalue weighted by Crippen LogP contribution is 2.20. The van der Waals surface area contributed by atoms with E-state index in [-0.39, 0.29) is 18.6 Å². The fourth-order valence-corrected chi connectivity index (χ4v) is 2.42. The average Bonchev–Trinajstić information content (AvgIpc) is 2.88. The summed E-state index contributed by atoms with van der Waals surface area (Å²) in [7, 11) is 0. The number of carbonyl (C=O) groups is 1. The van der Waals surface area contributed by atoms with E-state index in [4.69, 9.17) is 4.74 Å². The SMILES string of the molecule is Cc1ccc(OC(C)C(=O)N2CCCC2CO)cc1. The molecule has 0 aliphatic carbocycles. The van der Waals surface area contributed by atoms with Gasteiger partial charge < -0.3 is 14.7 Å². The van der Waals surface area contributed by atoms with Crippen molar-refractivity contribution in [3.8, 4) is 5.75 Å². The molecule has 2 rings (SSSR count). The Bertz CT molecular complexity index is 430. The van der Waals surface area contributed by atoms with Crippen molar-refractivity contribution in [1.82, 2.24) is 4.90 Å². The Balaban J connectivity index is 1.97. The number of benzene rings is 1. The van der Waals surface area contributed by atoms with Crippen molar-refractivity contribution >= 4 is 5.91 Å².